The lowest BCUT2D eigenvalue weighted by atomic mass is 10.0. The van der Waals surface area contributed by atoms with Crippen LogP contribution in [0, 0.1) is 11.8 Å². The fourth-order valence-corrected chi connectivity index (χ4v) is 4.61. The van der Waals surface area contributed by atoms with Crippen LogP contribution in [-0.2, 0) is 11.2 Å². The van der Waals surface area contributed by atoms with Crippen molar-refractivity contribution < 1.29 is 24.2 Å². The van der Waals surface area contributed by atoms with E-state index in [2.05, 4.69) is 22.5 Å². The van der Waals surface area contributed by atoms with Crippen molar-refractivity contribution >= 4 is 23.6 Å². The van der Waals surface area contributed by atoms with Crippen LogP contribution >= 0.6 is 0 Å². The lowest BCUT2D eigenvalue weighted by Crippen LogP contribution is -2.45. The molecule has 3 aromatic rings. The van der Waals surface area contributed by atoms with Gasteiger partial charge in [0.15, 0.2) is 0 Å². The van der Waals surface area contributed by atoms with E-state index in [9.17, 15) is 19.5 Å². The molecule has 1 aliphatic heterocycles. The summed E-state index contributed by atoms with van der Waals surface area (Å²) >= 11 is 0. The van der Waals surface area contributed by atoms with Crippen molar-refractivity contribution in [2.45, 2.75) is 38.3 Å². The zero-order valence-electron chi connectivity index (χ0n) is 21.9. The molecule has 2 unspecified atom stereocenters. The zero-order chi connectivity index (χ0) is 27.8. The second-order valence-corrected chi connectivity index (χ2v) is 9.16. The molecule has 2 atom stereocenters. The van der Waals surface area contributed by atoms with Crippen LogP contribution in [0.3, 0.4) is 0 Å². The van der Waals surface area contributed by atoms with Gasteiger partial charge in [-0.05, 0) is 72.9 Å². The van der Waals surface area contributed by atoms with Crippen LogP contribution in [0.1, 0.15) is 52.9 Å². The molecule has 39 heavy (non-hydrogen) atoms. The van der Waals surface area contributed by atoms with Gasteiger partial charge in [0, 0.05) is 17.8 Å². The molecule has 1 heterocycles. The number of hydrogen-bond donors (Lipinski definition) is 3. The van der Waals surface area contributed by atoms with Crippen molar-refractivity contribution in [2.75, 3.05) is 19.0 Å². The Balaban J connectivity index is 1.58. The van der Waals surface area contributed by atoms with Crippen molar-refractivity contribution in [1.82, 2.24) is 10.2 Å². The maximum absolute atomic E-state index is 13.9. The molecule has 4 rings (SSSR count). The first-order valence-corrected chi connectivity index (χ1v) is 12.8. The maximum Gasteiger partial charge on any atom is 0.335 e. The number of carbonyl (C=O) groups is 3. The minimum Gasteiger partial charge on any atom is -0.497 e. The number of nitrogens with one attached hydrogen (secondary N) is 2. The van der Waals surface area contributed by atoms with Crippen LogP contribution in [-0.4, -0.2) is 47.6 Å². The van der Waals surface area contributed by atoms with E-state index in [-0.39, 0.29) is 17.5 Å². The molecule has 0 aromatic heterocycles. The second-order valence-electron chi connectivity index (χ2n) is 9.16. The Bertz CT molecular complexity index is 1410. The predicted octanol–water partition coefficient (Wildman–Crippen LogP) is 4.86. The Morgan fingerprint density at radius 3 is 2.59 bits per heavy atom. The number of rotatable bonds is 7. The van der Waals surface area contributed by atoms with Gasteiger partial charge < -0.3 is 25.4 Å². The molecule has 8 heteroatoms. The van der Waals surface area contributed by atoms with E-state index in [0.29, 0.717) is 47.5 Å². The number of amides is 3. The summed E-state index contributed by atoms with van der Waals surface area (Å²) in [6.07, 6.45) is 2.06. The number of ether oxygens (including phenoxy) is 1. The number of carboxylic acids is 1. The molecular formula is C31H31N3O5. The fourth-order valence-electron chi connectivity index (χ4n) is 4.61. The number of likely N-dealkylation sites (tertiary alicyclic amines) is 1. The van der Waals surface area contributed by atoms with Crippen LogP contribution in [0.5, 0.6) is 5.75 Å². The average Bonchev–Trinajstić information content (AvgIpc) is 3.43. The van der Waals surface area contributed by atoms with Crippen molar-refractivity contribution in [3.63, 3.8) is 0 Å². The summed E-state index contributed by atoms with van der Waals surface area (Å²) < 4.78 is 5.35. The monoisotopic (exact) mass is 525 g/mol. The van der Waals surface area contributed by atoms with Gasteiger partial charge in [0.1, 0.15) is 11.8 Å². The molecule has 1 fully saturated rings. The van der Waals surface area contributed by atoms with Crippen molar-refractivity contribution in [1.29, 1.82) is 0 Å². The highest BCUT2D eigenvalue weighted by molar-refractivity contribution is 5.94. The molecule has 1 aliphatic rings. The number of urea groups is 1. The van der Waals surface area contributed by atoms with Crippen molar-refractivity contribution in [2.24, 2.45) is 0 Å². The second kappa shape index (κ2) is 12.7. The Hall–Kier alpha value is -4.77. The number of para-hydroxylation sites is 1. The number of carboxylic acid groups (broad SMARTS) is 1. The van der Waals surface area contributed by atoms with Gasteiger partial charge in [0.05, 0.1) is 18.7 Å². The number of hydrogen-bond acceptors (Lipinski definition) is 4. The highest BCUT2D eigenvalue weighted by atomic mass is 16.5. The molecule has 0 spiro atoms. The first-order valence-electron chi connectivity index (χ1n) is 12.8. The quantitative estimate of drug-likeness (QED) is 0.382. The summed E-state index contributed by atoms with van der Waals surface area (Å²) in [5.74, 6) is 5.67. The minimum absolute atomic E-state index is 0.265. The summed E-state index contributed by atoms with van der Waals surface area (Å²) in [5, 5.41) is 15.0. The number of aryl methyl sites for hydroxylation is 1. The SMILES string of the molecule is CCc1cc(C#CC2CCCN2C(=O)C(NC(=O)Nc2ccccc2)c2cccc(OC)c2)ccc1C(=O)O. The molecule has 3 amide bonds. The molecular weight excluding hydrogens is 494 g/mol. The molecule has 0 radical (unpaired) electrons. The van der Waals surface area contributed by atoms with Crippen LogP contribution in [0.15, 0.2) is 72.8 Å². The fraction of sp³-hybridized carbons (Fsp3) is 0.258. The molecule has 3 aromatic carbocycles. The Morgan fingerprint density at radius 2 is 1.87 bits per heavy atom. The van der Waals surface area contributed by atoms with E-state index < -0.39 is 18.0 Å². The maximum atomic E-state index is 13.9. The van der Waals surface area contributed by atoms with E-state index in [4.69, 9.17) is 4.74 Å². The van der Waals surface area contributed by atoms with Crippen LogP contribution in [0.2, 0.25) is 0 Å². The van der Waals surface area contributed by atoms with Gasteiger partial charge >= 0.3 is 12.0 Å². The molecule has 200 valence electrons. The van der Waals surface area contributed by atoms with Gasteiger partial charge in [-0.2, -0.15) is 0 Å². The number of anilines is 1. The normalized spacial score (nSPS) is 15.0. The largest absolute Gasteiger partial charge is 0.497 e. The van der Waals surface area contributed by atoms with E-state index in [1.54, 1.807) is 66.6 Å². The highest BCUT2D eigenvalue weighted by Gasteiger charge is 2.34. The first-order chi connectivity index (χ1) is 18.9. The summed E-state index contributed by atoms with van der Waals surface area (Å²) in [5.41, 5.74) is 2.87. The van der Waals surface area contributed by atoms with Gasteiger partial charge in [-0.15, -0.1) is 0 Å². The Kier molecular flexibility index (Phi) is 8.85. The molecule has 3 N–H and O–H groups in total. The summed E-state index contributed by atoms with van der Waals surface area (Å²) in [7, 11) is 1.55. The lowest BCUT2D eigenvalue weighted by molar-refractivity contribution is -0.133. The minimum atomic E-state index is -0.966. The summed E-state index contributed by atoms with van der Waals surface area (Å²) in [6, 6.07) is 19.3. The molecule has 1 saturated heterocycles. The standard InChI is InChI=1S/C31H31N3O5/c1-3-22-19-21(15-17-27(22)30(36)37)14-16-25-12-8-18-34(25)29(35)28(23-9-7-13-26(20-23)39-2)33-31(38)32-24-10-5-4-6-11-24/h4-7,9-11,13,15,17,19-20,25,28H,3,8,12,18H2,1-2H3,(H,36,37)(H2,32,33,38). The number of nitrogens with zero attached hydrogens (tertiary/aromatic N) is 1. The molecule has 0 bridgehead atoms. The van der Waals surface area contributed by atoms with Crippen LogP contribution < -0.4 is 15.4 Å². The molecule has 0 saturated carbocycles. The van der Waals surface area contributed by atoms with Gasteiger partial charge in [-0.3, -0.25) is 4.79 Å². The van der Waals surface area contributed by atoms with Crippen molar-refractivity contribution in [3.05, 3.63) is 95.1 Å². The van der Waals surface area contributed by atoms with Crippen LogP contribution in [0.4, 0.5) is 10.5 Å². The smallest absolute Gasteiger partial charge is 0.335 e. The zero-order valence-corrected chi connectivity index (χ0v) is 21.9. The Morgan fingerprint density at radius 1 is 1.08 bits per heavy atom. The third kappa shape index (κ3) is 6.76. The third-order valence-electron chi connectivity index (χ3n) is 6.62. The van der Waals surface area contributed by atoms with Gasteiger partial charge in [0.25, 0.3) is 5.91 Å². The first kappa shape index (κ1) is 27.3. The number of benzene rings is 3. The number of methoxy groups -OCH3 is 1. The number of carbonyl (C=O) groups excluding carboxylic acids is 2. The Labute approximate surface area is 228 Å². The van der Waals surface area contributed by atoms with E-state index >= 15 is 0 Å². The summed E-state index contributed by atoms with van der Waals surface area (Å²) in [6.45, 7) is 2.41. The number of aromatic carboxylic acids is 1. The van der Waals surface area contributed by atoms with Crippen LogP contribution in [0.25, 0.3) is 0 Å². The molecule has 0 aliphatic carbocycles. The molecule has 8 nitrogen and oxygen atoms in total. The van der Waals surface area contributed by atoms with E-state index in [1.807, 2.05) is 25.1 Å². The van der Waals surface area contributed by atoms with E-state index in [1.165, 1.54) is 0 Å². The highest BCUT2D eigenvalue weighted by Crippen LogP contribution is 2.26. The summed E-state index contributed by atoms with van der Waals surface area (Å²) in [4.78, 5) is 39.9. The van der Waals surface area contributed by atoms with E-state index in [0.717, 1.165) is 6.42 Å². The van der Waals surface area contributed by atoms with Gasteiger partial charge in [0.2, 0.25) is 0 Å². The van der Waals surface area contributed by atoms with Gasteiger partial charge in [-0.25, -0.2) is 9.59 Å². The lowest BCUT2D eigenvalue weighted by Gasteiger charge is -2.27. The third-order valence-corrected chi connectivity index (χ3v) is 6.62. The average molecular weight is 526 g/mol. The topological polar surface area (TPSA) is 108 Å². The van der Waals surface area contributed by atoms with Crippen molar-refractivity contribution in [3.8, 4) is 17.6 Å². The van der Waals surface area contributed by atoms with Gasteiger partial charge in [-0.1, -0.05) is 49.1 Å². The predicted molar refractivity (Wildman–Crippen MR) is 149 cm³/mol.